The molecule has 0 aromatic heterocycles. The number of hydrogen-bond acceptors (Lipinski definition) is 3. The lowest BCUT2D eigenvalue weighted by Crippen LogP contribution is -2.51. The maximum absolute atomic E-state index is 11.4. The van der Waals surface area contributed by atoms with Crippen LogP contribution in [-0.2, 0) is 4.79 Å². The summed E-state index contributed by atoms with van der Waals surface area (Å²) in [7, 11) is 0. The topological polar surface area (TPSA) is 60.8 Å². The van der Waals surface area contributed by atoms with Crippen LogP contribution in [0.5, 0.6) is 0 Å². The molecule has 0 radical (unpaired) electrons. The summed E-state index contributed by atoms with van der Waals surface area (Å²) < 4.78 is 0. The smallest absolute Gasteiger partial charge is 0.320 e. The van der Waals surface area contributed by atoms with E-state index in [9.17, 15) is 15.0 Å². The molecule has 18 heavy (non-hydrogen) atoms. The Kier molecular flexibility index (Phi) is 5.01. The van der Waals surface area contributed by atoms with Crippen molar-refractivity contribution >= 4 is 5.97 Å². The molecule has 1 saturated carbocycles. The average Bonchev–Trinajstić information content (AvgIpc) is 2.68. The van der Waals surface area contributed by atoms with Crippen LogP contribution >= 0.6 is 0 Å². The van der Waals surface area contributed by atoms with Crippen LogP contribution in [0.25, 0.3) is 0 Å². The maximum atomic E-state index is 11.4. The van der Waals surface area contributed by atoms with Crippen LogP contribution in [0.3, 0.4) is 0 Å². The predicted octanol–water partition coefficient (Wildman–Crippen LogP) is 2.01. The highest BCUT2D eigenvalue weighted by molar-refractivity contribution is 5.73. The molecule has 1 heterocycles. The first-order valence-electron chi connectivity index (χ1n) is 7.37. The second-order valence-corrected chi connectivity index (χ2v) is 5.71. The Balaban J connectivity index is 2.12. The first kappa shape index (κ1) is 13.8. The van der Waals surface area contributed by atoms with E-state index in [1.54, 1.807) is 0 Å². The van der Waals surface area contributed by atoms with E-state index in [0.29, 0.717) is 0 Å². The number of aliphatic hydroxyl groups is 1. The zero-order chi connectivity index (χ0) is 13.0. The van der Waals surface area contributed by atoms with Gasteiger partial charge < -0.3 is 10.2 Å². The number of carboxylic acids is 1. The van der Waals surface area contributed by atoms with E-state index in [0.717, 1.165) is 57.9 Å². The number of aliphatic carboxylic acids is 1. The lowest BCUT2D eigenvalue weighted by Gasteiger charge is -2.36. The summed E-state index contributed by atoms with van der Waals surface area (Å²) in [4.78, 5) is 13.5. The molecule has 0 aromatic rings. The van der Waals surface area contributed by atoms with Gasteiger partial charge in [0, 0.05) is 6.04 Å². The Bertz CT molecular complexity index is 282. The molecular formula is C14H25NO3. The highest BCUT2D eigenvalue weighted by Gasteiger charge is 2.35. The zero-order valence-electron chi connectivity index (χ0n) is 11.1. The molecule has 104 valence electrons. The molecule has 3 unspecified atom stereocenters. The largest absolute Gasteiger partial charge is 0.480 e. The van der Waals surface area contributed by atoms with E-state index in [2.05, 4.69) is 4.90 Å². The fourth-order valence-electron chi connectivity index (χ4n) is 3.45. The Morgan fingerprint density at radius 2 is 1.61 bits per heavy atom. The normalized spacial score (nSPS) is 35.7. The van der Waals surface area contributed by atoms with Crippen molar-refractivity contribution < 1.29 is 15.0 Å². The minimum atomic E-state index is -0.714. The van der Waals surface area contributed by atoms with Gasteiger partial charge in [0.1, 0.15) is 6.04 Å². The number of nitrogens with zero attached hydrogens (tertiary/aromatic N) is 1. The number of likely N-dealkylation sites (tertiary alicyclic amines) is 1. The minimum absolute atomic E-state index is 0.0618. The standard InChI is InChI=1S/C14H25NO3/c16-13-9-5-1-3-7-11(13)15-10-6-2-4-8-12(15)14(17)18/h11-13,16H,1-10H2,(H,17,18). The molecule has 0 aromatic carbocycles. The first-order valence-corrected chi connectivity index (χ1v) is 7.37. The van der Waals surface area contributed by atoms with Gasteiger partial charge in [0.05, 0.1) is 6.10 Å². The van der Waals surface area contributed by atoms with Gasteiger partial charge in [-0.05, 0) is 32.2 Å². The van der Waals surface area contributed by atoms with Gasteiger partial charge >= 0.3 is 5.97 Å². The summed E-state index contributed by atoms with van der Waals surface area (Å²) in [6.45, 7) is 0.832. The molecule has 3 atom stereocenters. The van der Waals surface area contributed by atoms with Gasteiger partial charge in [-0.2, -0.15) is 0 Å². The molecule has 4 heteroatoms. The van der Waals surface area contributed by atoms with Crippen molar-refractivity contribution in [3.8, 4) is 0 Å². The van der Waals surface area contributed by atoms with Crippen LogP contribution in [0.4, 0.5) is 0 Å². The van der Waals surface area contributed by atoms with E-state index in [1.165, 1.54) is 6.42 Å². The lowest BCUT2D eigenvalue weighted by atomic mass is 10.0. The molecule has 2 N–H and O–H groups in total. The van der Waals surface area contributed by atoms with E-state index >= 15 is 0 Å². The molecule has 2 rings (SSSR count). The second-order valence-electron chi connectivity index (χ2n) is 5.71. The van der Waals surface area contributed by atoms with Gasteiger partial charge in [0.25, 0.3) is 0 Å². The van der Waals surface area contributed by atoms with Crippen molar-refractivity contribution in [3.63, 3.8) is 0 Å². The molecule has 2 aliphatic rings. The van der Waals surface area contributed by atoms with Crippen molar-refractivity contribution in [1.29, 1.82) is 0 Å². The molecule has 1 saturated heterocycles. The molecule has 0 bridgehead atoms. The highest BCUT2D eigenvalue weighted by Crippen LogP contribution is 2.28. The van der Waals surface area contributed by atoms with Crippen LogP contribution in [0.1, 0.15) is 57.8 Å². The molecule has 1 aliphatic carbocycles. The molecule has 2 fully saturated rings. The van der Waals surface area contributed by atoms with Gasteiger partial charge in [-0.3, -0.25) is 9.69 Å². The Labute approximate surface area is 109 Å². The summed E-state index contributed by atoms with van der Waals surface area (Å²) in [5.74, 6) is -0.714. The van der Waals surface area contributed by atoms with Crippen molar-refractivity contribution in [2.45, 2.75) is 76.0 Å². The van der Waals surface area contributed by atoms with Gasteiger partial charge in [-0.1, -0.05) is 32.1 Å². The fraction of sp³-hybridized carbons (Fsp3) is 0.929. The Morgan fingerprint density at radius 1 is 0.944 bits per heavy atom. The lowest BCUT2D eigenvalue weighted by molar-refractivity contribution is -0.145. The Hall–Kier alpha value is -0.610. The van der Waals surface area contributed by atoms with E-state index in [1.807, 2.05) is 0 Å². The number of carbonyl (C=O) groups is 1. The quantitative estimate of drug-likeness (QED) is 0.741. The van der Waals surface area contributed by atoms with Gasteiger partial charge in [0.2, 0.25) is 0 Å². The van der Waals surface area contributed by atoms with Crippen LogP contribution in [-0.4, -0.2) is 45.8 Å². The summed E-state index contributed by atoms with van der Waals surface area (Å²) in [6, 6.07) is -0.322. The predicted molar refractivity (Wildman–Crippen MR) is 69.5 cm³/mol. The molecule has 0 spiro atoms. The summed E-state index contributed by atoms with van der Waals surface area (Å²) in [5, 5.41) is 19.7. The first-order chi connectivity index (χ1) is 8.70. The monoisotopic (exact) mass is 255 g/mol. The highest BCUT2D eigenvalue weighted by atomic mass is 16.4. The average molecular weight is 255 g/mol. The zero-order valence-corrected chi connectivity index (χ0v) is 11.1. The third-order valence-electron chi connectivity index (χ3n) is 4.45. The summed E-state index contributed by atoms with van der Waals surface area (Å²) >= 11 is 0. The van der Waals surface area contributed by atoms with Gasteiger partial charge in [0.15, 0.2) is 0 Å². The van der Waals surface area contributed by atoms with Gasteiger partial charge in [-0.25, -0.2) is 0 Å². The summed E-state index contributed by atoms with van der Waals surface area (Å²) in [6.07, 6.45) is 8.70. The van der Waals surface area contributed by atoms with Crippen molar-refractivity contribution in [2.24, 2.45) is 0 Å². The van der Waals surface area contributed by atoms with Crippen LogP contribution in [0, 0.1) is 0 Å². The second kappa shape index (κ2) is 6.53. The number of carboxylic acid groups (broad SMARTS) is 1. The van der Waals surface area contributed by atoms with Gasteiger partial charge in [-0.15, -0.1) is 0 Å². The van der Waals surface area contributed by atoms with Crippen LogP contribution < -0.4 is 0 Å². The SMILES string of the molecule is O=C(O)C1CCCCCN1C1CCCCCC1O. The third-order valence-corrected chi connectivity index (χ3v) is 4.45. The minimum Gasteiger partial charge on any atom is -0.480 e. The van der Waals surface area contributed by atoms with E-state index < -0.39 is 5.97 Å². The molecular weight excluding hydrogens is 230 g/mol. The van der Waals surface area contributed by atoms with E-state index in [4.69, 9.17) is 0 Å². The third kappa shape index (κ3) is 3.23. The number of aliphatic hydroxyl groups excluding tert-OH is 1. The van der Waals surface area contributed by atoms with Crippen LogP contribution in [0.15, 0.2) is 0 Å². The molecule has 0 amide bonds. The van der Waals surface area contributed by atoms with Crippen molar-refractivity contribution in [1.82, 2.24) is 4.90 Å². The molecule has 1 aliphatic heterocycles. The Morgan fingerprint density at radius 3 is 2.39 bits per heavy atom. The number of rotatable bonds is 2. The summed E-state index contributed by atoms with van der Waals surface area (Å²) in [5.41, 5.74) is 0. The maximum Gasteiger partial charge on any atom is 0.320 e. The van der Waals surface area contributed by atoms with Crippen molar-refractivity contribution in [2.75, 3.05) is 6.54 Å². The fourth-order valence-corrected chi connectivity index (χ4v) is 3.45. The van der Waals surface area contributed by atoms with E-state index in [-0.39, 0.29) is 18.2 Å². The van der Waals surface area contributed by atoms with Crippen LogP contribution in [0.2, 0.25) is 0 Å². The van der Waals surface area contributed by atoms with Crippen molar-refractivity contribution in [3.05, 3.63) is 0 Å². The molecule has 4 nitrogen and oxygen atoms in total. The number of hydrogen-bond donors (Lipinski definition) is 2.